The predicted molar refractivity (Wildman–Crippen MR) is 68.1 cm³/mol. The fraction of sp³-hybridized carbons (Fsp3) is 0.538. The van der Waals surface area contributed by atoms with E-state index in [1.807, 2.05) is 0 Å². The molecule has 0 heterocycles. The van der Waals surface area contributed by atoms with Crippen molar-refractivity contribution in [2.45, 2.75) is 38.6 Å². The SMILES string of the molecule is CCC1CCC(Nc2cc([N+](=O)[O-])c(F)cc2F)C1. The third kappa shape index (κ3) is 3.00. The third-order valence-electron chi connectivity index (χ3n) is 3.71. The molecule has 0 aromatic heterocycles. The molecule has 2 rings (SSSR count). The summed E-state index contributed by atoms with van der Waals surface area (Å²) in [5, 5.41) is 13.6. The van der Waals surface area contributed by atoms with Crippen molar-refractivity contribution in [3.05, 3.63) is 33.9 Å². The van der Waals surface area contributed by atoms with E-state index >= 15 is 0 Å². The number of benzene rings is 1. The topological polar surface area (TPSA) is 55.2 Å². The molecule has 104 valence electrons. The number of rotatable bonds is 4. The van der Waals surface area contributed by atoms with E-state index in [2.05, 4.69) is 12.2 Å². The van der Waals surface area contributed by atoms with E-state index in [0.717, 1.165) is 31.7 Å². The monoisotopic (exact) mass is 270 g/mol. The van der Waals surface area contributed by atoms with Crippen molar-refractivity contribution in [3.8, 4) is 0 Å². The van der Waals surface area contributed by atoms with Gasteiger partial charge in [-0.1, -0.05) is 13.3 Å². The summed E-state index contributed by atoms with van der Waals surface area (Å²) in [7, 11) is 0. The maximum atomic E-state index is 13.6. The molecule has 1 aliphatic rings. The van der Waals surface area contributed by atoms with Gasteiger partial charge in [0.2, 0.25) is 5.82 Å². The van der Waals surface area contributed by atoms with Crippen molar-refractivity contribution in [2.75, 3.05) is 5.32 Å². The second kappa shape index (κ2) is 5.50. The van der Waals surface area contributed by atoms with Crippen LogP contribution in [0.4, 0.5) is 20.2 Å². The predicted octanol–water partition coefficient (Wildman–Crippen LogP) is 3.86. The molecule has 0 radical (unpaired) electrons. The zero-order chi connectivity index (χ0) is 14.0. The molecule has 1 aromatic carbocycles. The van der Waals surface area contributed by atoms with Crippen LogP contribution >= 0.6 is 0 Å². The molecular formula is C13H16F2N2O2. The molecule has 0 bridgehead atoms. The van der Waals surface area contributed by atoms with Crippen LogP contribution in [0.3, 0.4) is 0 Å². The van der Waals surface area contributed by atoms with Crippen LogP contribution in [-0.2, 0) is 0 Å². The largest absolute Gasteiger partial charge is 0.380 e. The number of nitrogens with one attached hydrogen (secondary N) is 1. The number of nitrogens with zero attached hydrogens (tertiary/aromatic N) is 1. The summed E-state index contributed by atoms with van der Waals surface area (Å²) < 4.78 is 26.8. The van der Waals surface area contributed by atoms with Crippen molar-refractivity contribution >= 4 is 11.4 Å². The summed E-state index contributed by atoms with van der Waals surface area (Å²) >= 11 is 0. The van der Waals surface area contributed by atoms with E-state index in [-0.39, 0.29) is 11.7 Å². The fourth-order valence-electron chi connectivity index (χ4n) is 2.58. The van der Waals surface area contributed by atoms with Gasteiger partial charge in [0.1, 0.15) is 5.82 Å². The van der Waals surface area contributed by atoms with Crippen LogP contribution in [0.1, 0.15) is 32.6 Å². The number of hydrogen-bond donors (Lipinski definition) is 1. The maximum absolute atomic E-state index is 13.6. The Morgan fingerprint density at radius 1 is 1.37 bits per heavy atom. The van der Waals surface area contributed by atoms with Gasteiger partial charge in [-0.2, -0.15) is 4.39 Å². The molecule has 0 saturated heterocycles. The second-order valence-electron chi connectivity index (χ2n) is 4.97. The molecule has 2 atom stereocenters. The zero-order valence-electron chi connectivity index (χ0n) is 10.7. The first-order valence-corrected chi connectivity index (χ1v) is 6.41. The van der Waals surface area contributed by atoms with Gasteiger partial charge in [0.25, 0.3) is 0 Å². The van der Waals surface area contributed by atoms with Crippen LogP contribution in [-0.4, -0.2) is 11.0 Å². The molecule has 1 saturated carbocycles. The molecule has 0 aliphatic heterocycles. The number of halogens is 2. The molecule has 1 fully saturated rings. The lowest BCUT2D eigenvalue weighted by Gasteiger charge is -2.15. The van der Waals surface area contributed by atoms with Crippen molar-refractivity contribution in [3.63, 3.8) is 0 Å². The van der Waals surface area contributed by atoms with Gasteiger partial charge in [-0.15, -0.1) is 0 Å². The average Bonchev–Trinajstić information content (AvgIpc) is 2.80. The fourth-order valence-corrected chi connectivity index (χ4v) is 2.58. The summed E-state index contributed by atoms with van der Waals surface area (Å²) in [6.45, 7) is 2.11. The number of hydrogen-bond acceptors (Lipinski definition) is 3. The van der Waals surface area contributed by atoms with Gasteiger partial charge in [0.05, 0.1) is 10.6 Å². The third-order valence-corrected chi connectivity index (χ3v) is 3.71. The summed E-state index contributed by atoms with van der Waals surface area (Å²) in [6.07, 6.45) is 3.97. The van der Waals surface area contributed by atoms with Crippen LogP contribution in [0.5, 0.6) is 0 Å². The highest BCUT2D eigenvalue weighted by molar-refractivity contribution is 5.53. The van der Waals surface area contributed by atoms with Crippen molar-refractivity contribution in [1.29, 1.82) is 0 Å². The number of nitro groups is 1. The van der Waals surface area contributed by atoms with E-state index in [0.29, 0.717) is 12.0 Å². The first-order valence-electron chi connectivity index (χ1n) is 6.41. The normalized spacial score (nSPS) is 22.5. The van der Waals surface area contributed by atoms with E-state index in [4.69, 9.17) is 0 Å². The highest BCUT2D eigenvalue weighted by atomic mass is 19.1. The van der Waals surface area contributed by atoms with Gasteiger partial charge >= 0.3 is 5.69 Å². The highest BCUT2D eigenvalue weighted by Gasteiger charge is 2.25. The molecule has 0 amide bonds. The average molecular weight is 270 g/mol. The van der Waals surface area contributed by atoms with Crippen molar-refractivity contribution < 1.29 is 13.7 Å². The van der Waals surface area contributed by atoms with E-state index in [9.17, 15) is 18.9 Å². The Morgan fingerprint density at radius 2 is 2.11 bits per heavy atom. The van der Waals surface area contributed by atoms with E-state index < -0.39 is 22.2 Å². The van der Waals surface area contributed by atoms with Crippen molar-refractivity contribution in [2.24, 2.45) is 5.92 Å². The summed E-state index contributed by atoms with van der Waals surface area (Å²) in [5.41, 5.74) is -0.691. The Bertz CT molecular complexity index is 494. The van der Waals surface area contributed by atoms with Crippen LogP contribution in [0, 0.1) is 27.7 Å². The van der Waals surface area contributed by atoms with Gasteiger partial charge in [-0.05, 0) is 25.2 Å². The standard InChI is InChI=1S/C13H16F2N2O2/c1-2-8-3-4-9(5-8)16-12-7-13(17(18)19)11(15)6-10(12)14/h6-9,16H,2-5H2,1H3. The first kappa shape index (κ1) is 13.7. The summed E-state index contributed by atoms with van der Waals surface area (Å²) in [5.74, 6) is -1.33. The molecule has 1 aliphatic carbocycles. The molecule has 4 nitrogen and oxygen atoms in total. The molecule has 2 unspecified atom stereocenters. The minimum Gasteiger partial charge on any atom is -0.380 e. The highest BCUT2D eigenvalue weighted by Crippen LogP contribution is 2.32. The van der Waals surface area contributed by atoms with E-state index in [1.54, 1.807) is 0 Å². The van der Waals surface area contributed by atoms with Crippen LogP contribution in [0.25, 0.3) is 0 Å². The van der Waals surface area contributed by atoms with Gasteiger partial charge in [-0.25, -0.2) is 4.39 Å². The summed E-state index contributed by atoms with van der Waals surface area (Å²) in [6, 6.07) is 1.60. The lowest BCUT2D eigenvalue weighted by molar-refractivity contribution is -0.387. The Balaban J connectivity index is 2.16. The zero-order valence-corrected chi connectivity index (χ0v) is 10.7. The molecular weight excluding hydrogens is 254 g/mol. The minimum absolute atomic E-state index is 0.00912. The summed E-state index contributed by atoms with van der Waals surface area (Å²) in [4.78, 5) is 9.79. The smallest absolute Gasteiger partial charge is 0.307 e. The molecule has 1 aromatic rings. The first-order chi connectivity index (χ1) is 9.01. The Kier molecular flexibility index (Phi) is 3.97. The maximum Gasteiger partial charge on any atom is 0.307 e. The lowest BCUT2D eigenvalue weighted by Crippen LogP contribution is -2.16. The van der Waals surface area contributed by atoms with Gasteiger partial charge in [0, 0.05) is 18.2 Å². The molecule has 6 heteroatoms. The van der Waals surface area contributed by atoms with Gasteiger partial charge in [0.15, 0.2) is 0 Å². The van der Waals surface area contributed by atoms with Crippen molar-refractivity contribution in [1.82, 2.24) is 0 Å². The lowest BCUT2D eigenvalue weighted by atomic mass is 10.1. The van der Waals surface area contributed by atoms with Crippen LogP contribution in [0.15, 0.2) is 12.1 Å². The van der Waals surface area contributed by atoms with Gasteiger partial charge in [-0.3, -0.25) is 10.1 Å². The van der Waals surface area contributed by atoms with Crippen LogP contribution in [0.2, 0.25) is 0 Å². The molecule has 19 heavy (non-hydrogen) atoms. The Labute approximate surface area is 110 Å². The van der Waals surface area contributed by atoms with E-state index in [1.165, 1.54) is 0 Å². The minimum atomic E-state index is -1.15. The number of nitro benzene ring substituents is 1. The van der Waals surface area contributed by atoms with Gasteiger partial charge < -0.3 is 5.32 Å². The quantitative estimate of drug-likeness (QED) is 0.667. The molecule has 1 N–H and O–H groups in total. The molecule has 0 spiro atoms. The second-order valence-corrected chi connectivity index (χ2v) is 4.97. The van der Waals surface area contributed by atoms with Crippen LogP contribution < -0.4 is 5.32 Å². The Hall–Kier alpha value is -1.72. The number of anilines is 1. The Morgan fingerprint density at radius 3 is 2.68 bits per heavy atom.